The Bertz CT molecular complexity index is 690. The molecule has 1 N–H and O–H groups in total. The lowest BCUT2D eigenvalue weighted by Crippen LogP contribution is -2.19. The van der Waals surface area contributed by atoms with E-state index >= 15 is 0 Å². The van der Waals surface area contributed by atoms with Crippen LogP contribution in [0.2, 0.25) is 0 Å². The Morgan fingerprint density at radius 1 is 1.09 bits per heavy atom. The maximum Gasteiger partial charge on any atom is 0.240 e. The van der Waals surface area contributed by atoms with E-state index in [-0.39, 0.29) is 5.91 Å². The summed E-state index contributed by atoms with van der Waals surface area (Å²) in [5.41, 5.74) is 8.22. The average Bonchev–Trinajstić information content (AvgIpc) is 2.53. The first kappa shape index (κ1) is 16.9. The van der Waals surface area contributed by atoms with Gasteiger partial charge in [0, 0.05) is 12.0 Å². The second kappa shape index (κ2) is 8.28. The van der Waals surface area contributed by atoms with Crippen LogP contribution in [0, 0.1) is 13.8 Å². The van der Waals surface area contributed by atoms with E-state index in [4.69, 9.17) is 0 Å². The lowest BCUT2D eigenvalue weighted by Gasteiger charge is -2.07. The first-order valence-corrected chi connectivity index (χ1v) is 8.01. The molecule has 0 aromatic heterocycles. The van der Waals surface area contributed by atoms with Gasteiger partial charge in [-0.1, -0.05) is 54.1 Å². The molecular weight excluding hydrogens is 284 g/mol. The van der Waals surface area contributed by atoms with E-state index in [0.717, 1.165) is 24.1 Å². The van der Waals surface area contributed by atoms with Crippen molar-refractivity contribution in [1.29, 1.82) is 0 Å². The fourth-order valence-corrected chi connectivity index (χ4v) is 2.58. The van der Waals surface area contributed by atoms with Crippen molar-refractivity contribution in [3.05, 3.63) is 70.8 Å². The fourth-order valence-electron chi connectivity index (χ4n) is 2.58. The highest BCUT2D eigenvalue weighted by Crippen LogP contribution is 2.11. The number of hydrogen-bond acceptors (Lipinski definition) is 2. The molecule has 0 saturated heterocycles. The molecule has 0 saturated carbocycles. The molecule has 0 aliphatic rings. The Labute approximate surface area is 138 Å². The number of nitrogens with zero attached hydrogens (tertiary/aromatic N) is 1. The second-order valence-electron chi connectivity index (χ2n) is 5.89. The topological polar surface area (TPSA) is 41.5 Å². The largest absolute Gasteiger partial charge is 0.273 e. The number of nitrogens with one attached hydrogen (secondary N) is 1. The Hall–Kier alpha value is -2.42. The number of hydrazone groups is 1. The Morgan fingerprint density at radius 3 is 2.52 bits per heavy atom. The van der Waals surface area contributed by atoms with Gasteiger partial charge in [-0.3, -0.25) is 4.79 Å². The van der Waals surface area contributed by atoms with Crippen molar-refractivity contribution in [2.24, 2.45) is 5.10 Å². The number of amides is 1. The maximum absolute atomic E-state index is 11.9. The van der Waals surface area contributed by atoms with Crippen LogP contribution in [0.15, 0.2) is 53.6 Å². The third-order valence-corrected chi connectivity index (χ3v) is 3.83. The molecule has 1 amide bonds. The number of benzene rings is 2. The van der Waals surface area contributed by atoms with Gasteiger partial charge in [-0.2, -0.15) is 5.10 Å². The average molecular weight is 308 g/mol. The molecule has 0 spiro atoms. The highest BCUT2D eigenvalue weighted by Gasteiger charge is 2.04. The molecule has 23 heavy (non-hydrogen) atoms. The van der Waals surface area contributed by atoms with Crippen molar-refractivity contribution >= 4 is 11.6 Å². The van der Waals surface area contributed by atoms with Crippen LogP contribution in [-0.4, -0.2) is 11.6 Å². The summed E-state index contributed by atoms with van der Waals surface area (Å²) in [6.07, 6.45) is 2.22. The molecule has 0 atom stereocenters. The molecule has 3 nitrogen and oxygen atoms in total. The van der Waals surface area contributed by atoms with Crippen LogP contribution in [-0.2, 0) is 11.2 Å². The fraction of sp³-hybridized carbons (Fsp3) is 0.300. The lowest BCUT2D eigenvalue weighted by atomic mass is 10.0. The standard InChI is InChI=1S/C20H24N2O/c1-15-12-13-19(16(2)14-15)17(3)21-22-20(23)11-7-10-18-8-5-4-6-9-18/h4-6,8-9,12-14H,7,10-11H2,1-3H3,(H,22,23)/b21-17+. The first-order valence-electron chi connectivity index (χ1n) is 8.01. The SMILES string of the molecule is C/C(=N\NC(=O)CCCc1ccccc1)c1ccc(C)cc1C. The summed E-state index contributed by atoms with van der Waals surface area (Å²) in [6, 6.07) is 16.4. The number of carbonyl (C=O) groups is 1. The summed E-state index contributed by atoms with van der Waals surface area (Å²) in [4.78, 5) is 11.9. The third kappa shape index (κ3) is 5.37. The predicted molar refractivity (Wildman–Crippen MR) is 95.6 cm³/mol. The molecule has 0 radical (unpaired) electrons. The lowest BCUT2D eigenvalue weighted by molar-refractivity contribution is -0.121. The molecule has 2 aromatic carbocycles. The zero-order valence-electron chi connectivity index (χ0n) is 14.1. The molecule has 2 aromatic rings. The molecule has 0 bridgehead atoms. The minimum Gasteiger partial charge on any atom is -0.273 e. The van der Waals surface area contributed by atoms with E-state index in [0.29, 0.717) is 6.42 Å². The minimum atomic E-state index is -0.0370. The van der Waals surface area contributed by atoms with Crippen LogP contribution in [0.1, 0.15) is 42.0 Å². The van der Waals surface area contributed by atoms with Crippen molar-refractivity contribution in [2.75, 3.05) is 0 Å². The maximum atomic E-state index is 11.9. The van der Waals surface area contributed by atoms with Gasteiger partial charge in [0.1, 0.15) is 0 Å². The summed E-state index contributed by atoms with van der Waals surface area (Å²) >= 11 is 0. The van der Waals surface area contributed by atoms with Gasteiger partial charge in [0.15, 0.2) is 0 Å². The highest BCUT2D eigenvalue weighted by atomic mass is 16.2. The normalized spacial score (nSPS) is 11.3. The first-order chi connectivity index (χ1) is 11.1. The van der Waals surface area contributed by atoms with Crippen molar-refractivity contribution in [2.45, 2.75) is 40.0 Å². The van der Waals surface area contributed by atoms with E-state index in [1.54, 1.807) is 0 Å². The zero-order valence-corrected chi connectivity index (χ0v) is 14.1. The summed E-state index contributed by atoms with van der Waals surface area (Å²) in [5.74, 6) is -0.0370. The van der Waals surface area contributed by atoms with Crippen molar-refractivity contribution in [3.63, 3.8) is 0 Å². The quantitative estimate of drug-likeness (QED) is 0.631. The smallest absolute Gasteiger partial charge is 0.240 e. The number of rotatable bonds is 6. The minimum absolute atomic E-state index is 0.0370. The van der Waals surface area contributed by atoms with Crippen molar-refractivity contribution in [1.82, 2.24) is 5.43 Å². The highest BCUT2D eigenvalue weighted by molar-refractivity contribution is 6.00. The van der Waals surface area contributed by atoms with Crippen molar-refractivity contribution in [3.8, 4) is 0 Å². The molecule has 0 aliphatic heterocycles. The summed E-state index contributed by atoms with van der Waals surface area (Å²) in [7, 11) is 0. The van der Waals surface area contributed by atoms with Gasteiger partial charge in [0.05, 0.1) is 5.71 Å². The van der Waals surface area contributed by atoms with Gasteiger partial charge in [-0.15, -0.1) is 0 Å². The Kier molecular flexibility index (Phi) is 6.10. The van der Waals surface area contributed by atoms with E-state index in [1.807, 2.05) is 31.2 Å². The predicted octanol–water partition coefficient (Wildman–Crippen LogP) is 4.17. The number of carbonyl (C=O) groups excluding carboxylic acids is 1. The summed E-state index contributed by atoms with van der Waals surface area (Å²) in [6.45, 7) is 6.04. The van der Waals surface area contributed by atoms with Crippen LogP contribution in [0.3, 0.4) is 0 Å². The van der Waals surface area contributed by atoms with Crippen molar-refractivity contribution < 1.29 is 4.79 Å². The number of aryl methyl sites for hydroxylation is 3. The molecule has 2 rings (SSSR count). The van der Waals surface area contributed by atoms with E-state index < -0.39 is 0 Å². The monoisotopic (exact) mass is 308 g/mol. The summed E-state index contributed by atoms with van der Waals surface area (Å²) < 4.78 is 0. The van der Waals surface area contributed by atoms with Crippen LogP contribution in [0.25, 0.3) is 0 Å². The van der Waals surface area contributed by atoms with Crippen LogP contribution < -0.4 is 5.43 Å². The van der Waals surface area contributed by atoms with Crippen LogP contribution >= 0.6 is 0 Å². The Balaban J connectivity index is 1.83. The van der Waals surface area contributed by atoms with Gasteiger partial charge >= 0.3 is 0 Å². The molecular formula is C20H24N2O. The molecule has 0 aliphatic carbocycles. The third-order valence-electron chi connectivity index (χ3n) is 3.83. The second-order valence-corrected chi connectivity index (χ2v) is 5.89. The van der Waals surface area contributed by atoms with Crippen LogP contribution in [0.4, 0.5) is 0 Å². The molecule has 120 valence electrons. The molecule has 3 heteroatoms. The number of hydrogen-bond donors (Lipinski definition) is 1. The molecule has 0 unspecified atom stereocenters. The van der Waals surface area contributed by atoms with E-state index in [9.17, 15) is 4.79 Å². The molecule has 0 fully saturated rings. The van der Waals surface area contributed by atoms with Gasteiger partial charge < -0.3 is 0 Å². The Morgan fingerprint density at radius 2 is 1.83 bits per heavy atom. The van der Waals surface area contributed by atoms with Gasteiger partial charge in [-0.25, -0.2) is 5.43 Å². The van der Waals surface area contributed by atoms with Gasteiger partial charge in [-0.05, 0) is 44.7 Å². The zero-order chi connectivity index (χ0) is 16.7. The summed E-state index contributed by atoms with van der Waals surface area (Å²) in [5, 5.41) is 4.23. The van der Waals surface area contributed by atoms with Crippen LogP contribution in [0.5, 0.6) is 0 Å². The van der Waals surface area contributed by atoms with E-state index in [1.165, 1.54) is 16.7 Å². The van der Waals surface area contributed by atoms with E-state index in [2.05, 4.69) is 48.6 Å². The van der Waals surface area contributed by atoms with Gasteiger partial charge in [0.2, 0.25) is 5.91 Å². The van der Waals surface area contributed by atoms with Gasteiger partial charge in [0.25, 0.3) is 0 Å². The molecule has 0 heterocycles.